The molecular weight excluding hydrogens is 471 g/mol. The van der Waals surface area contributed by atoms with Crippen molar-refractivity contribution >= 4 is 17.3 Å². The highest BCUT2D eigenvalue weighted by atomic mass is 32.1. The van der Waals surface area contributed by atoms with Crippen molar-refractivity contribution < 1.29 is 17.9 Å². The van der Waals surface area contributed by atoms with E-state index in [0.29, 0.717) is 11.8 Å². The summed E-state index contributed by atoms with van der Waals surface area (Å²) in [5.74, 6) is 0.441. The predicted molar refractivity (Wildman–Crippen MR) is 136 cm³/mol. The number of alkyl halides is 3. The Labute approximate surface area is 211 Å². The van der Waals surface area contributed by atoms with Crippen LogP contribution in [0.5, 0.6) is 5.75 Å². The van der Waals surface area contributed by atoms with Crippen molar-refractivity contribution in [3.8, 4) is 5.75 Å². The predicted octanol–water partition coefficient (Wildman–Crippen LogP) is 6.04. The summed E-state index contributed by atoms with van der Waals surface area (Å²) in [7, 11) is 0. The summed E-state index contributed by atoms with van der Waals surface area (Å²) in [5.41, 5.74) is 0.346. The minimum atomic E-state index is -4.35. The molecule has 1 saturated heterocycles. The zero-order chi connectivity index (χ0) is 24.7. The number of nitrogens with zero attached hydrogens (tertiary/aromatic N) is 2. The van der Waals surface area contributed by atoms with Crippen LogP contribution in [0.4, 0.5) is 13.2 Å². The van der Waals surface area contributed by atoms with Gasteiger partial charge in [-0.05, 0) is 54.9 Å². The van der Waals surface area contributed by atoms with E-state index in [4.69, 9.17) is 17.0 Å². The summed E-state index contributed by atoms with van der Waals surface area (Å²) < 4.78 is 44.9. The SMILES string of the molecule is FC(F)(F)c1ccc(OC(CCN2CCN(C(=S)NC3CCCCC3)CC2)c2ccccc2)cc1. The van der Waals surface area contributed by atoms with E-state index in [1.54, 1.807) is 0 Å². The van der Waals surface area contributed by atoms with Crippen LogP contribution in [-0.4, -0.2) is 53.7 Å². The molecule has 2 fully saturated rings. The number of nitrogens with one attached hydrogen (secondary N) is 1. The highest BCUT2D eigenvalue weighted by Crippen LogP contribution is 2.32. The largest absolute Gasteiger partial charge is 0.486 e. The number of halogens is 3. The Balaban J connectivity index is 1.29. The number of hydrogen-bond donors (Lipinski definition) is 1. The van der Waals surface area contributed by atoms with Crippen molar-refractivity contribution in [1.29, 1.82) is 0 Å². The summed E-state index contributed by atoms with van der Waals surface area (Å²) >= 11 is 5.67. The molecule has 0 radical (unpaired) electrons. The molecule has 2 aromatic carbocycles. The van der Waals surface area contributed by atoms with Gasteiger partial charge in [0.1, 0.15) is 11.9 Å². The van der Waals surface area contributed by atoms with Crippen LogP contribution in [0.1, 0.15) is 55.8 Å². The number of piperazine rings is 1. The number of hydrogen-bond acceptors (Lipinski definition) is 3. The molecule has 4 rings (SSSR count). The van der Waals surface area contributed by atoms with E-state index in [0.717, 1.165) is 62.0 Å². The van der Waals surface area contributed by atoms with Gasteiger partial charge < -0.3 is 15.0 Å². The summed E-state index contributed by atoms with van der Waals surface area (Å²) in [6.45, 7) is 4.49. The summed E-state index contributed by atoms with van der Waals surface area (Å²) in [5, 5.41) is 4.44. The molecule has 1 aliphatic heterocycles. The fraction of sp³-hybridized carbons (Fsp3) is 0.519. The van der Waals surface area contributed by atoms with E-state index in [9.17, 15) is 13.2 Å². The van der Waals surface area contributed by atoms with Crippen LogP contribution in [0, 0.1) is 0 Å². The van der Waals surface area contributed by atoms with E-state index in [2.05, 4.69) is 15.1 Å². The van der Waals surface area contributed by atoms with Crippen LogP contribution in [0.3, 0.4) is 0 Å². The van der Waals surface area contributed by atoms with Gasteiger partial charge in [-0.1, -0.05) is 49.6 Å². The van der Waals surface area contributed by atoms with Gasteiger partial charge in [0.25, 0.3) is 0 Å². The monoisotopic (exact) mass is 505 g/mol. The lowest BCUT2D eigenvalue weighted by Gasteiger charge is -2.38. The van der Waals surface area contributed by atoms with E-state index in [1.807, 2.05) is 30.3 Å². The van der Waals surface area contributed by atoms with Crippen LogP contribution in [-0.2, 0) is 6.18 Å². The molecule has 1 unspecified atom stereocenters. The molecule has 0 spiro atoms. The second-order valence-corrected chi connectivity index (χ2v) is 9.83. The lowest BCUT2D eigenvalue weighted by Crippen LogP contribution is -2.53. The lowest BCUT2D eigenvalue weighted by atomic mass is 9.96. The smallest absolute Gasteiger partial charge is 0.416 e. The van der Waals surface area contributed by atoms with E-state index < -0.39 is 11.7 Å². The molecule has 0 aromatic heterocycles. The second kappa shape index (κ2) is 12.1. The van der Waals surface area contributed by atoms with Gasteiger partial charge in [-0.2, -0.15) is 13.2 Å². The molecule has 8 heteroatoms. The van der Waals surface area contributed by atoms with Gasteiger partial charge >= 0.3 is 6.18 Å². The van der Waals surface area contributed by atoms with Crippen LogP contribution in [0.25, 0.3) is 0 Å². The molecule has 1 aliphatic carbocycles. The molecule has 190 valence electrons. The van der Waals surface area contributed by atoms with Crippen molar-refractivity contribution in [2.24, 2.45) is 0 Å². The van der Waals surface area contributed by atoms with Crippen molar-refractivity contribution in [3.05, 3.63) is 65.7 Å². The molecule has 1 N–H and O–H groups in total. The number of rotatable bonds is 7. The van der Waals surface area contributed by atoms with Gasteiger partial charge in [0.05, 0.1) is 5.56 Å². The Bertz CT molecular complexity index is 925. The number of thiocarbonyl (C=S) groups is 1. The van der Waals surface area contributed by atoms with Crippen LogP contribution in [0.2, 0.25) is 0 Å². The van der Waals surface area contributed by atoms with Crippen molar-refractivity contribution in [1.82, 2.24) is 15.1 Å². The quantitative estimate of drug-likeness (QED) is 0.463. The summed E-state index contributed by atoms with van der Waals surface area (Å²) in [6, 6.07) is 15.3. The van der Waals surface area contributed by atoms with Gasteiger partial charge in [0.2, 0.25) is 0 Å². The summed E-state index contributed by atoms with van der Waals surface area (Å²) in [6.07, 6.45) is 2.47. The first-order chi connectivity index (χ1) is 16.9. The molecule has 1 atom stereocenters. The van der Waals surface area contributed by atoms with Gasteiger partial charge in [-0.25, -0.2) is 0 Å². The Morgan fingerprint density at radius 2 is 1.60 bits per heavy atom. The lowest BCUT2D eigenvalue weighted by molar-refractivity contribution is -0.137. The molecule has 1 saturated carbocycles. The molecule has 4 nitrogen and oxygen atoms in total. The van der Waals surface area contributed by atoms with E-state index in [-0.39, 0.29) is 6.10 Å². The Morgan fingerprint density at radius 1 is 0.943 bits per heavy atom. The second-order valence-electron chi connectivity index (χ2n) is 9.44. The molecule has 0 amide bonds. The first-order valence-electron chi connectivity index (χ1n) is 12.5. The average Bonchev–Trinajstić information content (AvgIpc) is 2.88. The van der Waals surface area contributed by atoms with Crippen LogP contribution in [0.15, 0.2) is 54.6 Å². The maximum atomic E-state index is 12.9. The van der Waals surface area contributed by atoms with Crippen molar-refractivity contribution in [2.75, 3.05) is 32.7 Å². The summed E-state index contributed by atoms with van der Waals surface area (Å²) in [4.78, 5) is 4.68. The third-order valence-electron chi connectivity index (χ3n) is 6.93. The number of benzene rings is 2. The van der Waals surface area contributed by atoms with Crippen LogP contribution < -0.4 is 10.1 Å². The Kier molecular flexibility index (Phi) is 8.89. The van der Waals surface area contributed by atoms with Crippen LogP contribution >= 0.6 is 12.2 Å². The zero-order valence-corrected chi connectivity index (χ0v) is 20.8. The highest BCUT2D eigenvalue weighted by Gasteiger charge is 2.30. The van der Waals surface area contributed by atoms with Crippen molar-refractivity contribution in [3.63, 3.8) is 0 Å². The molecule has 0 bridgehead atoms. The zero-order valence-electron chi connectivity index (χ0n) is 20.0. The first-order valence-corrected chi connectivity index (χ1v) is 13.0. The average molecular weight is 506 g/mol. The molecule has 2 aromatic rings. The number of ether oxygens (including phenoxy) is 1. The highest BCUT2D eigenvalue weighted by molar-refractivity contribution is 7.80. The van der Waals surface area contributed by atoms with E-state index >= 15 is 0 Å². The standard InChI is InChI=1S/C27H34F3N3OS/c28-27(29,30)22-11-13-24(14-12-22)34-25(21-7-3-1-4-8-21)15-16-32-17-19-33(20-18-32)26(35)31-23-9-5-2-6-10-23/h1,3-4,7-8,11-14,23,25H,2,5-6,9-10,15-20H2,(H,31,35). The van der Waals surface area contributed by atoms with Gasteiger partial charge in [-0.15, -0.1) is 0 Å². The minimum Gasteiger partial charge on any atom is -0.486 e. The minimum absolute atomic E-state index is 0.236. The molecule has 35 heavy (non-hydrogen) atoms. The maximum absolute atomic E-state index is 12.9. The van der Waals surface area contributed by atoms with E-state index in [1.165, 1.54) is 44.2 Å². The molecule has 2 aliphatic rings. The topological polar surface area (TPSA) is 27.7 Å². The van der Waals surface area contributed by atoms with Gasteiger partial charge in [0, 0.05) is 45.2 Å². The molecule has 1 heterocycles. The first kappa shape index (κ1) is 25.8. The van der Waals surface area contributed by atoms with Crippen molar-refractivity contribution in [2.45, 2.75) is 56.8 Å². The normalized spacial score (nSPS) is 18.8. The Morgan fingerprint density at radius 3 is 2.23 bits per heavy atom. The molecular formula is C27H34F3N3OS. The van der Waals surface area contributed by atoms with Gasteiger partial charge in [-0.3, -0.25) is 4.90 Å². The third kappa shape index (κ3) is 7.58. The van der Waals surface area contributed by atoms with Gasteiger partial charge in [0.15, 0.2) is 5.11 Å². The third-order valence-corrected chi connectivity index (χ3v) is 7.31. The Hall–Kier alpha value is -2.32. The maximum Gasteiger partial charge on any atom is 0.416 e. The fourth-order valence-electron chi connectivity index (χ4n) is 4.84. The fourth-order valence-corrected chi connectivity index (χ4v) is 5.18.